The first-order chi connectivity index (χ1) is 8.08. The third-order valence-corrected chi connectivity index (χ3v) is 3.45. The Bertz CT molecular complexity index is 387. The van der Waals surface area contributed by atoms with E-state index in [-0.39, 0.29) is 17.3 Å². The van der Waals surface area contributed by atoms with Gasteiger partial charge in [0.15, 0.2) is 0 Å². The molecule has 0 amide bonds. The Labute approximate surface area is 99.5 Å². The summed E-state index contributed by atoms with van der Waals surface area (Å²) in [5.41, 5.74) is 5.09. The van der Waals surface area contributed by atoms with Gasteiger partial charge in [-0.25, -0.2) is 18.7 Å². The summed E-state index contributed by atoms with van der Waals surface area (Å²) in [4.78, 5) is 8.03. The zero-order chi connectivity index (χ0) is 12.4. The van der Waals surface area contributed by atoms with Crippen LogP contribution in [-0.4, -0.2) is 9.97 Å². The van der Waals surface area contributed by atoms with Gasteiger partial charge in [-0.3, -0.25) is 0 Å². The number of nitrogens with zero attached hydrogens (tertiary/aromatic N) is 2. The molecule has 1 fully saturated rings. The topological polar surface area (TPSA) is 51.8 Å². The fourth-order valence-corrected chi connectivity index (χ4v) is 2.31. The third-order valence-electron chi connectivity index (χ3n) is 3.45. The Balaban J connectivity index is 2.19. The van der Waals surface area contributed by atoms with Crippen molar-refractivity contribution in [2.45, 2.75) is 45.0 Å². The number of aromatic nitrogens is 2. The van der Waals surface area contributed by atoms with Crippen LogP contribution in [0.1, 0.15) is 56.5 Å². The van der Waals surface area contributed by atoms with Crippen molar-refractivity contribution >= 4 is 5.69 Å². The number of anilines is 1. The van der Waals surface area contributed by atoms with Gasteiger partial charge in [0.05, 0.1) is 11.9 Å². The highest BCUT2D eigenvalue weighted by molar-refractivity contribution is 5.41. The smallest absolute Gasteiger partial charge is 0.282 e. The van der Waals surface area contributed by atoms with Crippen molar-refractivity contribution in [1.82, 2.24) is 9.97 Å². The fourth-order valence-electron chi connectivity index (χ4n) is 2.31. The van der Waals surface area contributed by atoms with Crippen LogP contribution in [0.3, 0.4) is 0 Å². The monoisotopic (exact) mass is 241 g/mol. The lowest BCUT2D eigenvalue weighted by Gasteiger charge is -2.25. The van der Waals surface area contributed by atoms with Crippen molar-refractivity contribution in [1.29, 1.82) is 0 Å². The summed E-state index contributed by atoms with van der Waals surface area (Å²) in [5.74, 6) is 1.46. The molecular formula is C12H17F2N3. The van der Waals surface area contributed by atoms with Crippen LogP contribution >= 0.6 is 0 Å². The molecule has 0 saturated heterocycles. The van der Waals surface area contributed by atoms with E-state index < -0.39 is 6.43 Å². The number of halogens is 2. The minimum atomic E-state index is -2.63. The van der Waals surface area contributed by atoms with E-state index in [4.69, 9.17) is 5.73 Å². The maximum Gasteiger partial charge on any atom is 0.282 e. The van der Waals surface area contributed by atoms with E-state index >= 15 is 0 Å². The van der Waals surface area contributed by atoms with E-state index in [0.717, 1.165) is 31.6 Å². The predicted octanol–water partition coefficient (Wildman–Crippen LogP) is 3.29. The molecule has 0 aliphatic heterocycles. The Kier molecular flexibility index (Phi) is 3.54. The molecule has 0 radical (unpaired) electrons. The van der Waals surface area contributed by atoms with E-state index in [1.165, 1.54) is 6.20 Å². The quantitative estimate of drug-likeness (QED) is 0.864. The summed E-state index contributed by atoms with van der Waals surface area (Å²) in [6, 6.07) is 0. The summed E-state index contributed by atoms with van der Waals surface area (Å²) in [5, 5.41) is 0. The van der Waals surface area contributed by atoms with Crippen LogP contribution in [0.5, 0.6) is 0 Å². The summed E-state index contributed by atoms with van der Waals surface area (Å²) in [6.07, 6.45) is 2.87. The van der Waals surface area contributed by atoms with Crippen LogP contribution in [0, 0.1) is 5.92 Å². The lowest BCUT2D eigenvalue weighted by Crippen LogP contribution is -2.15. The summed E-state index contributed by atoms with van der Waals surface area (Å²) in [6.45, 7) is 2.21. The van der Waals surface area contributed by atoms with Crippen molar-refractivity contribution in [3.63, 3.8) is 0 Å². The molecule has 1 aromatic rings. The van der Waals surface area contributed by atoms with E-state index in [9.17, 15) is 8.78 Å². The van der Waals surface area contributed by atoms with Crippen LogP contribution in [0.25, 0.3) is 0 Å². The highest BCUT2D eigenvalue weighted by Crippen LogP contribution is 2.34. The standard InChI is InChI=1S/C12H17F2N3/c1-7-2-4-8(5-3-7)12-16-6-9(15)10(17-12)11(13)14/h6-8,11H,2-5,15H2,1H3. The van der Waals surface area contributed by atoms with Gasteiger partial charge in [-0.1, -0.05) is 19.8 Å². The second-order valence-corrected chi connectivity index (χ2v) is 4.83. The molecule has 1 heterocycles. The maximum absolute atomic E-state index is 12.7. The first-order valence-electron chi connectivity index (χ1n) is 5.98. The van der Waals surface area contributed by atoms with Crippen LogP contribution in [0.4, 0.5) is 14.5 Å². The molecule has 1 aliphatic carbocycles. The van der Waals surface area contributed by atoms with Gasteiger partial charge in [0, 0.05) is 5.92 Å². The van der Waals surface area contributed by atoms with Crippen molar-refractivity contribution in [3.8, 4) is 0 Å². The maximum atomic E-state index is 12.7. The molecule has 0 unspecified atom stereocenters. The SMILES string of the molecule is CC1CCC(c2ncc(N)c(C(F)F)n2)CC1. The van der Waals surface area contributed by atoms with Gasteiger partial charge in [0.25, 0.3) is 6.43 Å². The average Bonchev–Trinajstić information content (AvgIpc) is 2.30. The third kappa shape index (κ3) is 2.70. The molecule has 2 rings (SSSR count). The number of hydrogen-bond acceptors (Lipinski definition) is 3. The van der Waals surface area contributed by atoms with E-state index in [2.05, 4.69) is 16.9 Å². The average molecular weight is 241 g/mol. The first-order valence-corrected chi connectivity index (χ1v) is 5.98. The highest BCUT2D eigenvalue weighted by Gasteiger charge is 2.24. The van der Waals surface area contributed by atoms with Crippen molar-refractivity contribution in [2.24, 2.45) is 5.92 Å². The zero-order valence-corrected chi connectivity index (χ0v) is 9.87. The lowest BCUT2D eigenvalue weighted by atomic mass is 9.82. The van der Waals surface area contributed by atoms with Gasteiger partial charge in [0.2, 0.25) is 0 Å². The molecule has 0 atom stereocenters. The number of nitrogens with two attached hydrogens (primary N) is 1. The molecule has 5 heteroatoms. The molecule has 94 valence electrons. The molecule has 1 aromatic heterocycles. The minimum Gasteiger partial charge on any atom is -0.396 e. The summed E-state index contributed by atoms with van der Waals surface area (Å²) in [7, 11) is 0. The normalized spacial score (nSPS) is 25.2. The van der Waals surface area contributed by atoms with Crippen LogP contribution < -0.4 is 5.73 Å². The Hall–Kier alpha value is -1.26. The molecule has 2 N–H and O–H groups in total. The Morgan fingerprint density at radius 3 is 2.53 bits per heavy atom. The fraction of sp³-hybridized carbons (Fsp3) is 0.667. The number of rotatable bonds is 2. The van der Waals surface area contributed by atoms with Crippen LogP contribution in [-0.2, 0) is 0 Å². The first kappa shape index (κ1) is 12.2. The van der Waals surface area contributed by atoms with Gasteiger partial charge >= 0.3 is 0 Å². The van der Waals surface area contributed by atoms with Crippen LogP contribution in [0.15, 0.2) is 6.20 Å². The van der Waals surface area contributed by atoms with Gasteiger partial charge < -0.3 is 5.73 Å². The van der Waals surface area contributed by atoms with E-state index in [1.807, 2.05) is 0 Å². The molecule has 0 aromatic carbocycles. The van der Waals surface area contributed by atoms with Gasteiger partial charge in [-0.15, -0.1) is 0 Å². The number of alkyl halides is 2. The largest absolute Gasteiger partial charge is 0.396 e. The van der Waals surface area contributed by atoms with E-state index in [0.29, 0.717) is 5.82 Å². The predicted molar refractivity (Wildman–Crippen MR) is 61.8 cm³/mol. The molecule has 0 spiro atoms. The second-order valence-electron chi connectivity index (χ2n) is 4.83. The van der Waals surface area contributed by atoms with Gasteiger partial charge in [-0.2, -0.15) is 0 Å². The molecular weight excluding hydrogens is 224 g/mol. The highest BCUT2D eigenvalue weighted by atomic mass is 19.3. The van der Waals surface area contributed by atoms with Gasteiger partial charge in [0.1, 0.15) is 11.5 Å². The van der Waals surface area contributed by atoms with Crippen molar-refractivity contribution < 1.29 is 8.78 Å². The van der Waals surface area contributed by atoms with Crippen molar-refractivity contribution in [2.75, 3.05) is 5.73 Å². The molecule has 3 nitrogen and oxygen atoms in total. The number of hydrogen-bond donors (Lipinski definition) is 1. The Morgan fingerprint density at radius 2 is 1.94 bits per heavy atom. The van der Waals surface area contributed by atoms with E-state index in [1.54, 1.807) is 0 Å². The van der Waals surface area contributed by atoms with Gasteiger partial charge in [-0.05, 0) is 18.8 Å². The van der Waals surface area contributed by atoms with Crippen molar-refractivity contribution in [3.05, 3.63) is 17.7 Å². The zero-order valence-electron chi connectivity index (χ0n) is 9.87. The minimum absolute atomic E-state index is 0.0204. The van der Waals surface area contributed by atoms with Crippen LogP contribution in [0.2, 0.25) is 0 Å². The second kappa shape index (κ2) is 4.94. The summed E-state index contributed by atoms with van der Waals surface area (Å²) < 4.78 is 25.3. The number of nitrogen functional groups attached to an aromatic ring is 1. The lowest BCUT2D eigenvalue weighted by molar-refractivity contribution is 0.146. The molecule has 1 saturated carbocycles. The molecule has 1 aliphatic rings. The molecule has 17 heavy (non-hydrogen) atoms. The Morgan fingerprint density at radius 1 is 1.29 bits per heavy atom. The summed E-state index contributed by atoms with van der Waals surface area (Å²) >= 11 is 0. The molecule has 0 bridgehead atoms.